The zero-order valence-corrected chi connectivity index (χ0v) is 21.1. The standard InChI is InChI=1S/C26H33N3O6/c1-7-35-26(33)21-15(2)19(16(3)27-21)23(30)20-22(17-11-8-9-12-18(17)34-6)29(25(32)24(20)31)14-10-13-28(4)5/h8-9,11-12,22,27,30H,7,10,13-14H2,1-6H3/t22-/m1/s1. The number of hydrogen-bond acceptors (Lipinski definition) is 7. The topological polar surface area (TPSA) is 112 Å². The Morgan fingerprint density at radius 1 is 1.20 bits per heavy atom. The summed E-state index contributed by atoms with van der Waals surface area (Å²) in [5, 5.41) is 11.5. The van der Waals surface area contributed by atoms with Crippen molar-refractivity contribution >= 4 is 23.4 Å². The number of esters is 1. The highest BCUT2D eigenvalue weighted by molar-refractivity contribution is 6.46. The van der Waals surface area contributed by atoms with Gasteiger partial charge in [0.15, 0.2) is 0 Å². The summed E-state index contributed by atoms with van der Waals surface area (Å²) in [6.45, 7) is 6.30. The summed E-state index contributed by atoms with van der Waals surface area (Å²) < 4.78 is 10.6. The molecule has 2 aromatic rings. The first kappa shape index (κ1) is 26.0. The van der Waals surface area contributed by atoms with Crippen molar-refractivity contribution in [2.45, 2.75) is 33.2 Å². The fourth-order valence-corrected chi connectivity index (χ4v) is 4.53. The molecule has 0 radical (unpaired) electrons. The first-order valence-electron chi connectivity index (χ1n) is 11.6. The van der Waals surface area contributed by atoms with Gasteiger partial charge in [0, 0.05) is 23.4 Å². The minimum Gasteiger partial charge on any atom is -0.507 e. The van der Waals surface area contributed by atoms with Gasteiger partial charge in [-0.3, -0.25) is 9.59 Å². The summed E-state index contributed by atoms with van der Waals surface area (Å²) in [6.07, 6.45) is 0.640. The number of aliphatic hydroxyl groups excluding tert-OH is 1. The average Bonchev–Trinajstić information content (AvgIpc) is 3.26. The number of para-hydroxylation sites is 1. The minimum absolute atomic E-state index is 0.0371. The maximum Gasteiger partial charge on any atom is 0.355 e. The Morgan fingerprint density at radius 2 is 1.89 bits per heavy atom. The van der Waals surface area contributed by atoms with Crippen LogP contribution >= 0.6 is 0 Å². The number of rotatable bonds is 9. The molecule has 3 rings (SSSR count). The van der Waals surface area contributed by atoms with E-state index in [9.17, 15) is 19.5 Å². The van der Waals surface area contributed by atoms with Crippen molar-refractivity contribution in [2.75, 3.05) is 40.9 Å². The number of aliphatic hydroxyl groups is 1. The van der Waals surface area contributed by atoms with E-state index in [1.807, 2.05) is 19.0 Å². The van der Waals surface area contributed by atoms with Gasteiger partial charge < -0.3 is 29.4 Å². The third-order valence-corrected chi connectivity index (χ3v) is 6.13. The molecule has 1 aromatic carbocycles. The molecule has 2 heterocycles. The predicted octanol–water partition coefficient (Wildman–Crippen LogP) is 3.19. The van der Waals surface area contributed by atoms with E-state index < -0.39 is 23.7 Å². The number of carbonyl (C=O) groups is 3. The molecule has 1 fully saturated rings. The monoisotopic (exact) mass is 483 g/mol. The number of aryl methyl sites for hydroxylation is 1. The Morgan fingerprint density at radius 3 is 2.51 bits per heavy atom. The number of nitrogens with one attached hydrogen (secondary N) is 1. The average molecular weight is 484 g/mol. The van der Waals surface area contributed by atoms with Gasteiger partial charge >= 0.3 is 5.97 Å². The summed E-state index contributed by atoms with van der Waals surface area (Å²) in [5.41, 5.74) is 1.98. The van der Waals surface area contributed by atoms with Crippen LogP contribution in [0.3, 0.4) is 0 Å². The van der Waals surface area contributed by atoms with Crippen LogP contribution < -0.4 is 4.74 Å². The van der Waals surface area contributed by atoms with Crippen molar-refractivity contribution in [2.24, 2.45) is 0 Å². The van der Waals surface area contributed by atoms with Crippen molar-refractivity contribution in [3.05, 3.63) is 57.9 Å². The second kappa shape index (κ2) is 10.8. The molecule has 1 aromatic heterocycles. The van der Waals surface area contributed by atoms with Crippen LogP contribution in [0.25, 0.3) is 5.76 Å². The van der Waals surface area contributed by atoms with Gasteiger partial charge in [-0.05, 0) is 59.5 Å². The van der Waals surface area contributed by atoms with Crippen LogP contribution in [0.15, 0.2) is 29.8 Å². The van der Waals surface area contributed by atoms with E-state index in [1.165, 1.54) is 12.0 Å². The smallest absolute Gasteiger partial charge is 0.355 e. The highest BCUT2D eigenvalue weighted by Crippen LogP contribution is 2.43. The van der Waals surface area contributed by atoms with Gasteiger partial charge in [-0.15, -0.1) is 0 Å². The van der Waals surface area contributed by atoms with E-state index in [1.54, 1.807) is 45.0 Å². The highest BCUT2D eigenvalue weighted by Gasteiger charge is 2.47. The van der Waals surface area contributed by atoms with E-state index in [0.29, 0.717) is 41.1 Å². The van der Waals surface area contributed by atoms with Crippen LogP contribution in [0.2, 0.25) is 0 Å². The summed E-state index contributed by atoms with van der Waals surface area (Å²) in [7, 11) is 5.39. The lowest BCUT2D eigenvalue weighted by atomic mass is 9.93. The van der Waals surface area contributed by atoms with Gasteiger partial charge in [-0.25, -0.2) is 4.79 Å². The Kier molecular flexibility index (Phi) is 8.01. The zero-order valence-electron chi connectivity index (χ0n) is 21.1. The molecule has 9 heteroatoms. The normalized spacial score (nSPS) is 17.3. The number of Topliss-reactive ketones (excluding diaryl/α,β-unsaturated/α-hetero) is 1. The molecule has 9 nitrogen and oxygen atoms in total. The summed E-state index contributed by atoms with van der Waals surface area (Å²) >= 11 is 0. The largest absolute Gasteiger partial charge is 0.507 e. The van der Waals surface area contributed by atoms with Crippen molar-refractivity contribution in [3.63, 3.8) is 0 Å². The van der Waals surface area contributed by atoms with Gasteiger partial charge in [-0.2, -0.15) is 0 Å². The minimum atomic E-state index is -0.840. The number of ketones is 1. The molecule has 1 amide bonds. The molecule has 2 N–H and O–H groups in total. The summed E-state index contributed by atoms with van der Waals surface area (Å²) in [5.74, 6) is -1.86. The summed E-state index contributed by atoms with van der Waals surface area (Å²) in [6, 6.07) is 6.28. The number of hydrogen-bond donors (Lipinski definition) is 2. The molecule has 0 unspecified atom stereocenters. The first-order valence-corrected chi connectivity index (χ1v) is 11.6. The van der Waals surface area contributed by atoms with Crippen LogP contribution in [0.5, 0.6) is 5.75 Å². The molecule has 1 aliphatic rings. The molecule has 0 bridgehead atoms. The van der Waals surface area contributed by atoms with Crippen molar-refractivity contribution in [1.29, 1.82) is 0 Å². The zero-order chi connectivity index (χ0) is 25.9. The molecular formula is C26H33N3O6. The molecule has 35 heavy (non-hydrogen) atoms. The molecule has 1 saturated heterocycles. The van der Waals surface area contributed by atoms with Crippen molar-refractivity contribution in [1.82, 2.24) is 14.8 Å². The molecule has 0 saturated carbocycles. The highest BCUT2D eigenvalue weighted by atomic mass is 16.5. The molecular weight excluding hydrogens is 450 g/mol. The van der Waals surface area contributed by atoms with Crippen molar-refractivity contribution in [3.8, 4) is 5.75 Å². The molecule has 1 atom stereocenters. The lowest BCUT2D eigenvalue weighted by Gasteiger charge is -2.27. The first-order chi connectivity index (χ1) is 16.6. The van der Waals surface area contributed by atoms with E-state index in [2.05, 4.69) is 4.98 Å². The Balaban J connectivity index is 2.20. The van der Waals surface area contributed by atoms with Gasteiger partial charge in [0.2, 0.25) is 0 Å². The van der Waals surface area contributed by atoms with Gasteiger partial charge in [-0.1, -0.05) is 18.2 Å². The van der Waals surface area contributed by atoms with E-state index in [-0.39, 0.29) is 23.6 Å². The van der Waals surface area contributed by atoms with Crippen LogP contribution in [0.1, 0.15) is 52.3 Å². The van der Waals surface area contributed by atoms with Crippen LogP contribution in [-0.4, -0.2) is 78.5 Å². The number of methoxy groups -OCH3 is 1. The SMILES string of the molecule is CCOC(=O)c1[nH]c(C)c(C(O)=C2C(=O)C(=O)N(CCCN(C)C)[C@@H]2c2ccccc2OC)c1C. The lowest BCUT2D eigenvalue weighted by molar-refractivity contribution is -0.140. The van der Waals surface area contributed by atoms with Crippen LogP contribution in [-0.2, 0) is 14.3 Å². The van der Waals surface area contributed by atoms with E-state index in [0.717, 1.165) is 6.54 Å². The number of likely N-dealkylation sites (tertiary alicyclic amines) is 1. The fourth-order valence-electron chi connectivity index (χ4n) is 4.53. The molecule has 188 valence electrons. The Labute approximate surface area is 205 Å². The fraction of sp³-hybridized carbons (Fsp3) is 0.423. The maximum absolute atomic E-state index is 13.3. The van der Waals surface area contributed by atoms with Crippen molar-refractivity contribution < 1.29 is 29.0 Å². The summed E-state index contributed by atoms with van der Waals surface area (Å²) in [4.78, 5) is 45.3. The van der Waals surface area contributed by atoms with E-state index in [4.69, 9.17) is 9.47 Å². The van der Waals surface area contributed by atoms with Gasteiger partial charge in [0.05, 0.1) is 25.3 Å². The number of amides is 1. The number of nitrogens with zero attached hydrogens (tertiary/aromatic N) is 2. The third kappa shape index (κ3) is 4.95. The number of benzene rings is 1. The number of aromatic nitrogens is 1. The predicted molar refractivity (Wildman–Crippen MR) is 131 cm³/mol. The van der Waals surface area contributed by atoms with Crippen LogP contribution in [0.4, 0.5) is 0 Å². The van der Waals surface area contributed by atoms with Crippen LogP contribution in [0, 0.1) is 13.8 Å². The Hall–Kier alpha value is -3.59. The third-order valence-electron chi connectivity index (χ3n) is 6.13. The molecule has 0 aliphatic carbocycles. The lowest BCUT2D eigenvalue weighted by Crippen LogP contribution is -2.32. The van der Waals surface area contributed by atoms with Gasteiger partial charge in [0.1, 0.15) is 17.2 Å². The van der Waals surface area contributed by atoms with E-state index >= 15 is 0 Å². The number of ether oxygens (including phenoxy) is 2. The molecule has 1 aliphatic heterocycles. The second-order valence-corrected chi connectivity index (χ2v) is 8.74. The van der Waals surface area contributed by atoms with Gasteiger partial charge in [0.25, 0.3) is 11.7 Å². The molecule has 0 spiro atoms. The number of H-pyrrole nitrogens is 1. The Bertz CT molecular complexity index is 1160. The quantitative estimate of drug-likeness (QED) is 0.244. The number of aromatic amines is 1. The second-order valence-electron chi connectivity index (χ2n) is 8.74. The number of carbonyl (C=O) groups excluding carboxylic acids is 3. The maximum atomic E-state index is 13.3.